The quantitative estimate of drug-likeness (QED) is 0.804. The van der Waals surface area contributed by atoms with E-state index in [1.165, 1.54) is 5.70 Å². The van der Waals surface area contributed by atoms with Crippen molar-refractivity contribution < 1.29 is 14.7 Å². The summed E-state index contributed by atoms with van der Waals surface area (Å²) in [6.45, 7) is 4.71. The molecule has 1 amide bonds. The van der Waals surface area contributed by atoms with E-state index < -0.39 is 5.97 Å². The maximum absolute atomic E-state index is 12.4. The molecule has 0 aromatic heterocycles. The van der Waals surface area contributed by atoms with E-state index in [1.54, 1.807) is 0 Å². The van der Waals surface area contributed by atoms with Crippen molar-refractivity contribution in [3.8, 4) is 0 Å². The van der Waals surface area contributed by atoms with Crippen LogP contribution < -0.4 is 0 Å². The van der Waals surface area contributed by atoms with Crippen LogP contribution in [0.1, 0.15) is 39.0 Å². The maximum Gasteiger partial charge on any atom is 0.303 e. The number of amides is 1. The van der Waals surface area contributed by atoms with E-state index in [0.29, 0.717) is 6.54 Å². The number of carboxylic acid groups (broad SMARTS) is 1. The molecule has 1 saturated heterocycles. The van der Waals surface area contributed by atoms with E-state index in [2.05, 4.69) is 11.0 Å². The molecule has 0 saturated carbocycles. The van der Waals surface area contributed by atoms with Crippen LogP contribution in [0.5, 0.6) is 0 Å². The fourth-order valence-corrected chi connectivity index (χ4v) is 3.19. The van der Waals surface area contributed by atoms with Crippen molar-refractivity contribution >= 4 is 11.9 Å². The van der Waals surface area contributed by atoms with Crippen LogP contribution in [0.25, 0.3) is 0 Å². The molecule has 5 heteroatoms. The second kappa shape index (κ2) is 6.88. The summed E-state index contributed by atoms with van der Waals surface area (Å²) in [5.41, 5.74) is 1.17. The normalized spacial score (nSPS) is 22.9. The molecular weight excluding hydrogens is 256 g/mol. The van der Waals surface area contributed by atoms with Crippen LogP contribution >= 0.6 is 0 Å². The molecule has 1 heterocycles. The maximum atomic E-state index is 12.4. The standard InChI is InChI=1S/C15H24N2O3/c1-2-17(13-5-3-4-6-13)14(18)11-16-8-7-12(10-16)9-15(19)20/h5,12H,2-4,6-11H2,1H3,(H,19,20). The van der Waals surface area contributed by atoms with Crippen molar-refractivity contribution in [2.45, 2.75) is 39.0 Å². The predicted molar refractivity (Wildman–Crippen MR) is 76.1 cm³/mol. The van der Waals surface area contributed by atoms with Crippen molar-refractivity contribution in [2.24, 2.45) is 5.92 Å². The van der Waals surface area contributed by atoms with Crippen LogP contribution in [0, 0.1) is 5.92 Å². The molecule has 1 atom stereocenters. The van der Waals surface area contributed by atoms with E-state index in [1.807, 2.05) is 11.8 Å². The first-order valence-electron chi connectivity index (χ1n) is 7.53. The number of carbonyl (C=O) groups excluding carboxylic acids is 1. The summed E-state index contributed by atoms with van der Waals surface area (Å²) in [5.74, 6) is -0.396. The van der Waals surface area contributed by atoms with Gasteiger partial charge in [-0.25, -0.2) is 0 Å². The third-order valence-corrected chi connectivity index (χ3v) is 4.17. The van der Waals surface area contributed by atoms with Crippen molar-refractivity contribution in [3.05, 3.63) is 11.8 Å². The smallest absolute Gasteiger partial charge is 0.303 e. The number of aliphatic carboxylic acids is 1. The molecule has 1 N–H and O–H groups in total. The average Bonchev–Trinajstić information content (AvgIpc) is 3.02. The van der Waals surface area contributed by atoms with Crippen LogP contribution in [0.3, 0.4) is 0 Å². The molecular formula is C15H24N2O3. The average molecular weight is 280 g/mol. The first-order chi connectivity index (χ1) is 9.60. The lowest BCUT2D eigenvalue weighted by Crippen LogP contribution is -2.38. The summed E-state index contributed by atoms with van der Waals surface area (Å²) in [5, 5.41) is 8.81. The molecule has 1 aliphatic carbocycles. The lowest BCUT2D eigenvalue weighted by molar-refractivity contribution is -0.138. The molecule has 1 unspecified atom stereocenters. The summed E-state index contributed by atoms with van der Waals surface area (Å²) in [7, 11) is 0. The number of allylic oxidation sites excluding steroid dienone is 2. The molecule has 0 aromatic carbocycles. The molecule has 0 spiro atoms. The second-order valence-electron chi connectivity index (χ2n) is 5.71. The number of likely N-dealkylation sites (N-methyl/N-ethyl adjacent to an activating group) is 1. The Hall–Kier alpha value is -1.36. The van der Waals surface area contributed by atoms with Crippen LogP contribution in [-0.4, -0.2) is 53.0 Å². The van der Waals surface area contributed by atoms with Crippen LogP contribution in [0.2, 0.25) is 0 Å². The minimum Gasteiger partial charge on any atom is -0.481 e. The van der Waals surface area contributed by atoms with Crippen molar-refractivity contribution in [1.29, 1.82) is 0 Å². The topological polar surface area (TPSA) is 60.9 Å². The fourth-order valence-electron chi connectivity index (χ4n) is 3.19. The molecule has 1 fully saturated rings. The van der Waals surface area contributed by atoms with Gasteiger partial charge in [0, 0.05) is 25.2 Å². The zero-order valence-electron chi connectivity index (χ0n) is 12.2. The van der Waals surface area contributed by atoms with E-state index in [4.69, 9.17) is 5.11 Å². The van der Waals surface area contributed by atoms with E-state index >= 15 is 0 Å². The summed E-state index contributed by atoms with van der Waals surface area (Å²) < 4.78 is 0. The van der Waals surface area contributed by atoms with Gasteiger partial charge >= 0.3 is 5.97 Å². The minimum absolute atomic E-state index is 0.150. The minimum atomic E-state index is -0.741. The van der Waals surface area contributed by atoms with E-state index in [-0.39, 0.29) is 18.2 Å². The number of rotatable bonds is 6. The highest BCUT2D eigenvalue weighted by Gasteiger charge is 2.27. The lowest BCUT2D eigenvalue weighted by atomic mass is 10.1. The van der Waals surface area contributed by atoms with Gasteiger partial charge in [-0.2, -0.15) is 0 Å². The Kier molecular flexibility index (Phi) is 5.17. The van der Waals surface area contributed by atoms with Gasteiger partial charge < -0.3 is 10.0 Å². The Balaban J connectivity index is 1.83. The molecule has 0 aromatic rings. The summed E-state index contributed by atoms with van der Waals surface area (Å²) in [6, 6.07) is 0. The Labute approximate surface area is 120 Å². The third kappa shape index (κ3) is 3.82. The number of hydrogen-bond donors (Lipinski definition) is 1. The molecule has 1 aliphatic heterocycles. The van der Waals surface area contributed by atoms with Crippen LogP contribution in [0.4, 0.5) is 0 Å². The van der Waals surface area contributed by atoms with Gasteiger partial charge in [-0.3, -0.25) is 14.5 Å². The van der Waals surface area contributed by atoms with Crippen molar-refractivity contribution in [2.75, 3.05) is 26.2 Å². The van der Waals surface area contributed by atoms with Gasteiger partial charge in [0.1, 0.15) is 0 Å². The largest absolute Gasteiger partial charge is 0.481 e. The Morgan fingerprint density at radius 2 is 2.30 bits per heavy atom. The van der Waals surface area contributed by atoms with Crippen LogP contribution in [-0.2, 0) is 9.59 Å². The first-order valence-corrected chi connectivity index (χ1v) is 7.53. The van der Waals surface area contributed by atoms with Gasteiger partial charge in [0.25, 0.3) is 0 Å². The summed E-state index contributed by atoms with van der Waals surface area (Å²) >= 11 is 0. The number of carbonyl (C=O) groups is 2. The van der Waals surface area contributed by atoms with Gasteiger partial charge in [0.2, 0.25) is 5.91 Å². The van der Waals surface area contributed by atoms with E-state index in [9.17, 15) is 9.59 Å². The molecule has 2 aliphatic rings. The molecule has 2 rings (SSSR count). The Morgan fingerprint density at radius 1 is 1.50 bits per heavy atom. The number of carboxylic acids is 1. The third-order valence-electron chi connectivity index (χ3n) is 4.17. The van der Waals surface area contributed by atoms with Crippen LogP contribution in [0.15, 0.2) is 11.8 Å². The number of hydrogen-bond acceptors (Lipinski definition) is 3. The van der Waals surface area contributed by atoms with Gasteiger partial charge in [-0.05, 0) is 45.1 Å². The highest BCUT2D eigenvalue weighted by molar-refractivity contribution is 5.80. The molecule has 112 valence electrons. The highest BCUT2D eigenvalue weighted by Crippen LogP contribution is 2.23. The van der Waals surface area contributed by atoms with Crippen molar-refractivity contribution in [3.63, 3.8) is 0 Å². The molecule has 5 nitrogen and oxygen atoms in total. The van der Waals surface area contributed by atoms with Gasteiger partial charge in [-0.15, -0.1) is 0 Å². The first kappa shape index (κ1) is 15.0. The Morgan fingerprint density at radius 3 is 2.90 bits per heavy atom. The fraction of sp³-hybridized carbons (Fsp3) is 0.733. The molecule has 20 heavy (non-hydrogen) atoms. The van der Waals surface area contributed by atoms with Gasteiger partial charge in [-0.1, -0.05) is 6.08 Å². The zero-order chi connectivity index (χ0) is 14.5. The number of nitrogens with zero attached hydrogens (tertiary/aromatic N) is 2. The molecule has 0 bridgehead atoms. The second-order valence-corrected chi connectivity index (χ2v) is 5.71. The van der Waals surface area contributed by atoms with E-state index in [0.717, 1.165) is 45.3 Å². The molecule has 0 radical (unpaired) electrons. The van der Waals surface area contributed by atoms with Gasteiger partial charge in [0.15, 0.2) is 0 Å². The number of likely N-dealkylation sites (tertiary alicyclic amines) is 1. The highest BCUT2D eigenvalue weighted by atomic mass is 16.4. The van der Waals surface area contributed by atoms with Gasteiger partial charge in [0.05, 0.1) is 6.54 Å². The SMILES string of the molecule is CCN(C(=O)CN1CCC(CC(=O)O)C1)C1=CCCC1. The Bertz CT molecular complexity index is 406. The lowest BCUT2D eigenvalue weighted by Gasteiger charge is -2.25. The predicted octanol–water partition coefficient (Wildman–Crippen LogP) is 1.70. The monoisotopic (exact) mass is 280 g/mol. The van der Waals surface area contributed by atoms with Crippen molar-refractivity contribution in [1.82, 2.24) is 9.80 Å². The zero-order valence-corrected chi connectivity index (χ0v) is 12.2. The summed E-state index contributed by atoms with van der Waals surface area (Å²) in [4.78, 5) is 27.1. The summed E-state index contributed by atoms with van der Waals surface area (Å²) in [6.07, 6.45) is 6.48.